The van der Waals surface area contributed by atoms with Crippen molar-refractivity contribution < 1.29 is 33.4 Å². The number of fused-ring (bicyclic) bond motifs is 1. The van der Waals surface area contributed by atoms with E-state index in [1.807, 2.05) is 30.3 Å². The van der Waals surface area contributed by atoms with Gasteiger partial charge in [0.15, 0.2) is 0 Å². The van der Waals surface area contributed by atoms with Gasteiger partial charge >= 0.3 is 12.2 Å². The van der Waals surface area contributed by atoms with Crippen LogP contribution < -0.4 is 10.1 Å². The van der Waals surface area contributed by atoms with Crippen molar-refractivity contribution in [3.05, 3.63) is 59.9 Å². The summed E-state index contributed by atoms with van der Waals surface area (Å²) in [5.74, 6) is 0.725. The van der Waals surface area contributed by atoms with E-state index in [9.17, 15) is 14.4 Å². The van der Waals surface area contributed by atoms with Gasteiger partial charge in [0, 0.05) is 12.6 Å². The lowest BCUT2D eigenvalue weighted by molar-refractivity contribution is -0.169. The van der Waals surface area contributed by atoms with E-state index in [4.69, 9.17) is 24.0 Å². The van der Waals surface area contributed by atoms with Gasteiger partial charge in [-0.25, -0.2) is 19.6 Å². The Hall–Kier alpha value is -4.45. The topological polar surface area (TPSA) is 134 Å². The standard InChI is InChI=1S/C29H37N5O7/c1-28(2,3)40-26(36)31-25(32-27(37)41-29(4,5)6)19-14-15-22-21(16-19)30-23(18-39-20-12-10-9-11-13-20)34(22)17-24(35)33(7)38-8/h9-16H,17-18H2,1-8H3,(H,31,32,36,37). The predicted octanol–water partition coefficient (Wildman–Crippen LogP) is 4.84. The molecule has 0 saturated heterocycles. The highest BCUT2D eigenvalue weighted by atomic mass is 16.7. The minimum Gasteiger partial charge on any atom is -0.486 e. The van der Waals surface area contributed by atoms with Gasteiger partial charge in [0.25, 0.3) is 5.91 Å². The van der Waals surface area contributed by atoms with Crippen LogP contribution >= 0.6 is 0 Å². The summed E-state index contributed by atoms with van der Waals surface area (Å²) in [5.41, 5.74) is -0.109. The summed E-state index contributed by atoms with van der Waals surface area (Å²) in [7, 11) is 2.92. The second-order valence-electron chi connectivity index (χ2n) is 11.1. The maximum atomic E-state index is 12.7. The lowest BCUT2D eigenvalue weighted by atomic mass is 10.1. The lowest BCUT2D eigenvalue weighted by Gasteiger charge is -2.21. The summed E-state index contributed by atoms with van der Waals surface area (Å²) in [6, 6.07) is 14.2. The Kier molecular flexibility index (Phi) is 9.71. The Balaban J connectivity index is 2.04. The molecule has 12 heteroatoms. The molecule has 0 saturated carbocycles. The molecule has 3 rings (SSSR count). The number of carbonyl (C=O) groups excluding carboxylic acids is 3. The SMILES string of the molecule is CON(C)C(=O)Cn1c(COc2ccccc2)nc2cc(C(=NC(=O)OC(C)(C)C)NC(=O)OC(C)(C)C)ccc21. The number of carbonyl (C=O) groups is 3. The summed E-state index contributed by atoms with van der Waals surface area (Å²) in [6.45, 7) is 10.3. The minimum atomic E-state index is -0.890. The summed E-state index contributed by atoms with van der Waals surface area (Å²) in [4.78, 5) is 51.7. The average molecular weight is 568 g/mol. The molecule has 3 amide bonds. The van der Waals surface area contributed by atoms with Crippen molar-refractivity contribution in [1.29, 1.82) is 0 Å². The van der Waals surface area contributed by atoms with Gasteiger partial charge in [0.05, 0.1) is 18.1 Å². The molecule has 0 aliphatic heterocycles. The number of rotatable bonds is 7. The number of hydrogen-bond acceptors (Lipinski definition) is 8. The van der Waals surface area contributed by atoms with E-state index in [1.54, 1.807) is 64.3 Å². The van der Waals surface area contributed by atoms with Gasteiger partial charge in [0.2, 0.25) is 0 Å². The molecule has 0 spiro atoms. The molecule has 0 bridgehead atoms. The van der Waals surface area contributed by atoms with Crippen LogP contribution in [0.1, 0.15) is 52.9 Å². The molecule has 3 aromatic rings. The zero-order valence-corrected chi connectivity index (χ0v) is 24.7. The van der Waals surface area contributed by atoms with E-state index in [0.717, 1.165) is 5.06 Å². The first kappa shape index (κ1) is 31.1. The monoisotopic (exact) mass is 567 g/mol. The largest absolute Gasteiger partial charge is 0.486 e. The number of amidine groups is 1. The average Bonchev–Trinajstić information content (AvgIpc) is 3.21. The maximum absolute atomic E-state index is 12.7. The predicted molar refractivity (Wildman–Crippen MR) is 152 cm³/mol. The van der Waals surface area contributed by atoms with Crippen LogP contribution in [0.5, 0.6) is 5.75 Å². The molecule has 0 aliphatic rings. The molecule has 220 valence electrons. The first-order chi connectivity index (χ1) is 19.1. The molecule has 0 radical (unpaired) electrons. The Morgan fingerprint density at radius 1 is 0.976 bits per heavy atom. The molecule has 1 heterocycles. The maximum Gasteiger partial charge on any atom is 0.436 e. The lowest BCUT2D eigenvalue weighted by Crippen LogP contribution is -2.37. The zero-order chi connectivity index (χ0) is 30.4. The fourth-order valence-corrected chi connectivity index (χ4v) is 3.56. The molecule has 12 nitrogen and oxygen atoms in total. The Labute approximate surface area is 239 Å². The number of nitrogens with one attached hydrogen (secondary N) is 1. The van der Waals surface area contributed by atoms with E-state index in [2.05, 4.69) is 10.3 Å². The third-order valence-corrected chi connectivity index (χ3v) is 5.35. The number of para-hydroxylation sites is 1. The number of amides is 3. The van der Waals surface area contributed by atoms with Gasteiger partial charge in [-0.1, -0.05) is 18.2 Å². The Morgan fingerprint density at radius 3 is 2.24 bits per heavy atom. The van der Waals surface area contributed by atoms with Crippen LogP contribution in [0.3, 0.4) is 0 Å². The van der Waals surface area contributed by atoms with E-state index in [1.165, 1.54) is 14.2 Å². The molecule has 1 N–H and O–H groups in total. The van der Waals surface area contributed by atoms with Crippen LogP contribution in [0, 0.1) is 0 Å². The van der Waals surface area contributed by atoms with Crippen LogP contribution in [0.25, 0.3) is 11.0 Å². The van der Waals surface area contributed by atoms with Crippen LogP contribution in [0.2, 0.25) is 0 Å². The number of alkyl carbamates (subject to hydrolysis) is 1. The second kappa shape index (κ2) is 12.8. The Bertz CT molecular complexity index is 1420. The van der Waals surface area contributed by atoms with Crippen LogP contribution in [0.15, 0.2) is 53.5 Å². The van der Waals surface area contributed by atoms with Crippen molar-refractivity contribution in [3.63, 3.8) is 0 Å². The van der Waals surface area contributed by atoms with E-state index >= 15 is 0 Å². The fraction of sp³-hybridized carbons (Fsp3) is 0.414. The van der Waals surface area contributed by atoms with Crippen LogP contribution in [0.4, 0.5) is 9.59 Å². The Morgan fingerprint density at radius 2 is 1.63 bits per heavy atom. The molecular formula is C29H37N5O7. The quantitative estimate of drug-likeness (QED) is 0.244. The minimum absolute atomic E-state index is 0.0668. The van der Waals surface area contributed by atoms with Gasteiger partial charge in [-0.3, -0.25) is 14.9 Å². The highest BCUT2D eigenvalue weighted by Gasteiger charge is 2.23. The number of imidazole rings is 1. The van der Waals surface area contributed by atoms with Crippen molar-refractivity contribution in [3.8, 4) is 5.75 Å². The second-order valence-corrected chi connectivity index (χ2v) is 11.1. The fourth-order valence-electron chi connectivity index (χ4n) is 3.56. The molecule has 2 aromatic carbocycles. The number of likely N-dealkylation sites (N-methyl/N-ethyl adjacent to an activating group) is 1. The summed E-state index contributed by atoms with van der Waals surface area (Å²) in [6.07, 6.45) is -1.69. The number of aromatic nitrogens is 2. The molecule has 0 aliphatic carbocycles. The third kappa shape index (κ3) is 9.31. The van der Waals surface area contributed by atoms with E-state index < -0.39 is 23.4 Å². The number of nitrogens with zero attached hydrogens (tertiary/aromatic N) is 4. The van der Waals surface area contributed by atoms with Crippen LogP contribution in [-0.2, 0) is 32.3 Å². The number of hydroxylamine groups is 2. The van der Waals surface area contributed by atoms with Crippen molar-refractivity contribution in [2.75, 3.05) is 14.2 Å². The highest BCUT2D eigenvalue weighted by Crippen LogP contribution is 2.21. The molecule has 41 heavy (non-hydrogen) atoms. The number of ether oxygens (including phenoxy) is 3. The van der Waals surface area contributed by atoms with Gasteiger partial charge in [-0.05, 0) is 71.9 Å². The van der Waals surface area contributed by atoms with Crippen molar-refractivity contribution in [1.82, 2.24) is 19.9 Å². The third-order valence-electron chi connectivity index (χ3n) is 5.35. The molecule has 0 atom stereocenters. The summed E-state index contributed by atoms with van der Waals surface area (Å²) >= 11 is 0. The van der Waals surface area contributed by atoms with Gasteiger partial charge in [0.1, 0.15) is 41.8 Å². The first-order valence-corrected chi connectivity index (χ1v) is 12.9. The smallest absolute Gasteiger partial charge is 0.436 e. The highest BCUT2D eigenvalue weighted by molar-refractivity contribution is 6.11. The van der Waals surface area contributed by atoms with Gasteiger partial charge < -0.3 is 18.8 Å². The molecule has 1 aromatic heterocycles. The zero-order valence-electron chi connectivity index (χ0n) is 24.7. The number of benzene rings is 2. The molecule has 0 unspecified atom stereocenters. The summed E-state index contributed by atoms with van der Waals surface area (Å²) < 4.78 is 18.3. The van der Waals surface area contributed by atoms with E-state index in [0.29, 0.717) is 28.2 Å². The first-order valence-electron chi connectivity index (χ1n) is 12.9. The van der Waals surface area contributed by atoms with Crippen LogP contribution in [-0.4, -0.2) is 63.9 Å². The van der Waals surface area contributed by atoms with Gasteiger partial charge in [-0.15, -0.1) is 0 Å². The van der Waals surface area contributed by atoms with E-state index in [-0.39, 0.29) is 24.9 Å². The van der Waals surface area contributed by atoms with Crippen molar-refractivity contribution >= 4 is 35.0 Å². The van der Waals surface area contributed by atoms with Crippen molar-refractivity contribution in [2.45, 2.75) is 65.9 Å². The summed E-state index contributed by atoms with van der Waals surface area (Å²) in [5, 5.41) is 3.67. The normalized spacial score (nSPS) is 12.1. The number of hydrogen-bond donors (Lipinski definition) is 1. The molecular weight excluding hydrogens is 530 g/mol. The number of aliphatic imine (C=N–C) groups is 1. The van der Waals surface area contributed by atoms with Crippen molar-refractivity contribution in [2.24, 2.45) is 4.99 Å². The molecule has 0 fully saturated rings. The van der Waals surface area contributed by atoms with Gasteiger partial charge in [-0.2, -0.15) is 4.99 Å².